The Hall–Kier alpha value is -1.34. The van der Waals surface area contributed by atoms with E-state index >= 15 is 0 Å². The van der Waals surface area contributed by atoms with E-state index in [9.17, 15) is 9.59 Å². The van der Waals surface area contributed by atoms with Crippen LogP contribution in [0.3, 0.4) is 0 Å². The standard InChI is InChI=1S/C16H21N3O3.2ClH/c17-16(6-7-16)15(21)19-12-4-1-3-11(9-12)14(20)22-10-13-5-2-8-18-13;;/h1,3-4,9,13,18H,2,5-8,10,17H2,(H,19,21);2*1H. The van der Waals surface area contributed by atoms with E-state index in [1.807, 2.05) is 0 Å². The van der Waals surface area contributed by atoms with Crippen molar-refractivity contribution in [2.24, 2.45) is 5.73 Å². The first kappa shape index (κ1) is 20.7. The molecular weight excluding hydrogens is 353 g/mol. The van der Waals surface area contributed by atoms with Crippen LogP contribution in [0.2, 0.25) is 0 Å². The topological polar surface area (TPSA) is 93.5 Å². The molecule has 0 radical (unpaired) electrons. The van der Waals surface area contributed by atoms with Crippen LogP contribution in [0, 0.1) is 0 Å². The number of amides is 1. The third kappa shape index (κ3) is 5.08. The number of anilines is 1. The van der Waals surface area contributed by atoms with Crippen molar-refractivity contribution in [3.63, 3.8) is 0 Å². The minimum Gasteiger partial charge on any atom is -0.460 e. The molecule has 2 aliphatic rings. The monoisotopic (exact) mass is 375 g/mol. The van der Waals surface area contributed by atoms with Gasteiger partial charge in [-0.05, 0) is 50.4 Å². The molecule has 134 valence electrons. The second kappa shape index (κ2) is 8.67. The predicted molar refractivity (Wildman–Crippen MR) is 97.0 cm³/mol. The van der Waals surface area contributed by atoms with Crippen molar-refractivity contribution < 1.29 is 14.3 Å². The van der Waals surface area contributed by atoms with E-state index in [1.54, 1.807) is 24.3 Å². The molecule has 8 heteroatoms. The molecule has 1 aromatic rings. The third-order valence-electron chi connectivity index (χ3n) is 4.18. The van der Waals surface area contributed by atoms with E-state index in [1.165, 1.54) is 0 Å². The van der Waals surface area contributed by atoms with Crippen molar-refractivity contribution in [3.05, 3.63) is 29.8 Å². The zero-order valence-corrected chi connectivity index (χ0v) is 14.9. The van der Waals surface area contributed by atoms with Gasteiger partial charge < -0.3 is 21.1 Å². The van der Waals surface area contributed by atoms with Crippen LogP contribution < -0.4 is 16.4 Å². The van der Waals surface area contributed by atoms with Gasteiger partial charge in [-0.25, -0.2) is 4.79 Å². The van der Waals surface area contributed by atoms with Gasteiger partial charge in [0.05, 0.1) is 11.1 Å². The minimum atomic E-state index is -0.731. The van der Waals surface area contributed by atoms with Crippen LogP contribution in [-0.2, 0) is 9.53 Å². The summed E-state index contributed by atoms with van der Waals surface area (Å²) in [5.74, 6) is -0.577. The molecule has 0 bridgehead atoms. The highest BCUT2D eigenvalue weighted by atomic mass is 35.5. The van der Waals surface area contributed by atoms with E-state index in [2.05, 4.69) is 10.6 Å². The molecule has 0 spiro atoms. The lowest BCUT2D eigenvalue weighted by Crippen LogP contribution is -2.37. The predicted octanol–water partition coefficient (Wildman–Crippen LogP) is 1.87. The van der Waals surface area contributed by atoms with Gasteiger partial charge in [-0.15, -0.1) is 24.8 Å². The van der Waals surface area contributed by atoms with Crippen molar-refractivity contribution in [1.29, 1.82) is 0 Å². The number of halogens is 2. The van der Waals surface area contributed by atoms with Gasteiger partial charge in [0.25, 0.3) is 0 Å². The van der Waals surface area contributed by atoms with Crippen LogP contribution in [0.15, 0.2) is 24.3 Å². The fourth-order valence-corrected chi connectivity index (χ4v) is 2.50. The van der Waals surface area contributed by atoms with Gasteiger partial charge in [0.15, 0.2) is 0 Å². The van der Waals surface area contributed by atoms with E-state index in [4.69, 9.17) is 10.5 Å². The normalized spacial score (nSPS) is 20.3. The molecule has 1 saturated heterocycles. The number of hydrogen-bond donors (Lipinski definition) is 3. The SMILES string of the molecule is Cl.Cl.NC1(C(=O)Nc2cccc(C(=O)OCC3CCCN3)c2)CC1. The molecule has 3 rings (SSSR count). The molecule has 1 aliphatic carbocycles. The molecule has 24 heavy (non-hydrogen) atoms. The Kier molecular flexibility index (Phi) is 7.48. The summed E-state index contributed by atoms with van der Waals surface area (Å²) in [5.41, 5.74) is 6.10. The summed E-state index contributed by atoms with van der Waals surface area (Å²) in [4.78, 5) is 24.0. The first-order chi connectivity index (χ1) is 10.6. The van der Waals surface area contributed by atoms with E-state index in [0.29, 0.717) is 30.7 Å². The van der Waals surface area contributed by atoms with Crippen molar-refractivity contribution in [1.82, 2.24) is 5.32 Å². The highest BCUT2D eigenvalue weighted by Crippen LogP contribution is 2.33. The molecule has 1 aromatic carbocycles. The van der Waals surface area contributed by atoms with Crippen molar-refractivity contribution in [2.75, 3.05) is 18.5 Å². The van der Waals surface area contributed by atoms with Crippen molar-refractivity contribution >= 4 is 42.4 Å². The smallest absolute Gasteiger partial charge is 0.338 e. The van der Waals surface area contributed by atoms with Crippen molar-refractivity contribution in [2.45, 2.75) is 37.3 Å². The quantitative estimate of drug-likeness (QED) is 0.683. The van der Waals surface area contributed by atoms with Crippen LogP contribution in [0.5, 0.6) is 0 Å². The first-order valence-corrected chi connectivity index (χ1v) is 7.68. The van der Waals surface area contributed by atoms with E-state index < -0.39 is 5.54 Å². The fourth-order valence-electron chi connectivity index (χ4n) is 2.50. The number of carbonyl (C=O) groups excluding carboxylic acids is 2. The summed E-state index contributed by atoms with van der Waals surface area (Å²) < 4.78 is 5.31. The Labute approximate surface area is 153 Å². The average Bonchev–Trinajstić information content (AvgIpc) is 3.07. The molecule has 1 saturated carbocycles. The molecule has 1 aliphatic heterocycles. The summed E-state index contributed by atoms with van der Waals surface area (Å²) in [6.45, 7) is 1.35. The van der Waals surface area contributed by atoms with Crippen LogP contribution in [0.1, 0.15) is 36.0 Å². The summed E-state index contributed by atoms with van der Waals surface area (Å²) in [5, 5.41) is 6.03. The number of hydrogen-bond acceptors (Lipinski definition) is 5. The lowest BCUT2D eigenvalue weighted by atomic mass is 10.2. The average molecular weight is 376 g/mol. The maximum atomic E-state index is 12.1. The Morgan fingerprint density at radius 2 is 2.08 bits per heavy atom. The summed E-state index contributed by atoms with van der Waals surface area (Å²) >= 11 is 0. The second-order valence-electron chi connectivity index (χ2n) is 6.08. The van der Waals surface area contributed by atoms with Crippen LogP contribution >= 0.6 is 24.8 Å². The highest BCUT2D eigenvalue weighted by Gasteiger charge is 2.45. The number of carbonyl (C=O) groups is 2. The van der Waals surface area contributed by atoms with E-state index in [0.717, 1.165) is 19.4 Å². The zero-order valence-electron chi connectivity index (χ0n) is 13.2. The Morgan fingerprint density at radius 3 is 2.71 bits per heavy atom. The highest BCUT2D eigenvalue weighted by molar-refractivity contribution is 6.01. The first-order valence-electron chi connectivity index (χ1n) is 7.68. The van der Waals surface area contributed by atoms with Crippen LogP contribution in [0.25, 0.3) is 0 Å². The molecule has 6 nitrogen and oxygen atoms in total. The molecule has 4 N–H and O–H groups in total. The molecule has 1 unspecified atom stereocenters. The molecule has 1 atom stereocenters. The maximum Gasteiger partial charge on any atom is 0.338 e. The number of ether oxygens (including phenoxy) is 1. The minimum absolute atomic E-state index is 0. The maximum absolute atomic E-state index is 12.1. The van der Waals surface area contributed by atoms with Gasteiger partial charge in [0, 0.05) is 11.7 Å². The lowest BCUT2D eigenvalue weighted by molar-refractivity contribution is -0.118. The third-order valence-corrected chi connectivity index (χ3v) is 4.18. The Bertz CT molecular complexity index is 588. The number of nitrogens with two attached hydrogens (primary N) is 1. The van der Waals surface area contributed by atoms with Gasteiger partial charge in [-0.3, -0.25) is 4.79 Å². The largest absolute Gasteiger partial charge is 0.460 e. The molecule has 0 aromatic heterocycles. The van der Waals surface area contributed by atoms with Gasteiger partial charge >= 0.3 is 5.97 Å². The molecule has 1 amide bonds. The van der Waals surface area contributed by atoms with Gasteiger partial charge in [-0.1, -0.05) is 6.07 Å². The van der Waals surface area contributed by atoms with Crippen LogP contribution in [-0.4, -0.2) is 36.6 Å². The number of nitrogens with one attached hydrogen (secondary N) is 2. The van der Waals surface area contributed by atoms with Gasteiger partial charge in [-0.2, -0.15) is 0 Å². The lowest BCUT2D eigenvalue weighted by Gasteiger charge is -2.12. The second-order valence-corrected chi connectivity index (χ2v) is 6.08. The number of esters is 1. The molecule has 1 heterocycles. The number of rotatable bonds is 5. The van der Waals surface area contributed by atoms with Gasteiger partial charge in [0.2, 0.25) is 5.91 Å². The summed E-state index contributed by atoms with van der Waals surface area (Å²) in [7, 11) is 0. The number of benzene rings is 1. The molecular formula is C16H23Cl2N3O3. The van der Waals surface area contributed by atoms with Crippen LogP contribution in [0.4, 0.5) is 5.69 Å². The summed E-state index contributed by atoms with van der Waals surface area (Å²) in [6, 6.07) is 7.00. The van der Waals surface area contributed by atoms with E-state index in [-0.39, 0.29) is 42.7 Å². The Morgan fingerprint density at radius 1 is 1.33 bits per heavy atom. The fraction of sp³-hybridized carbons (Fsp3) is 0.500. The van der Waals surface area contributed by atoms with Gasteiger partial charge in [0.1, 0.15) is 6.61 Å². The summed E-state index contributed by atoms with van der Waals surface area (Å²) in [6.07, 6.45) is 3.55. The zero-order chi connectivity index (χ0) is 15.6. The Balaban J connectivity index is 0.00000144. The van der Waals surface area contributed by atoms with Crippen molar-refractivity contribution in [3.8, 4) is 0 Å². The molecule has 2 fully saturated rings.